The molecule has 0 atom stereocenters. The summed E-state index contributed by atoms with van der Waals surface area (Å²) < 4.78 is 48.3. The molecule has 3 aromatic heterocycles. The van der Waals surface area contributed by atoms with Gasteiger partial charge in [0.05, 0.1) is 29.9 Å². The number of anilines is 1. The van der Waals surface area contributed by atoms with Gasteiger partial charge >= 0.3 is 0 Å². The van der Waals surface area contributed by atoms with Crippen molar-refractivity contribution in [2.45, 2.75) is 25.7 Å². The summed E-state index contributed by atoms with van der Waals surface area (Å²) in [4.78, 5) is 38.3. The molecule has 6 aromatic rings. The van der Waals surface area contributed by atoms with E-state index in [2.05, 4.69) is 20.2 Å². The number of fused-ring (bicyclic) bond motifs is 2. The highest BCUT2D eigenvalue weighted by molar-refractivity contribution is 6.30. The third-order valence-electron chi connectivity index (χ3n) is 8.89. The Balaban J connectivity index is 1.09. The Morgan fingerprint density at radius 2 is 1.73 bits per heavy atom. The Morgan fingerprint density at radius 3 is 2.52 bits per heavy atom. The third kappa shape index (κ3) is 7.39. The van der Waals surface area contributed by atoms with Crippen LogP contribution in [0.25, 0.3) is 27.6 Å². The first-order chi connectivity index (χ1) is 25.3. The number of benzene rings is 3. The maximum absolute atomic E-state index is 15.5. The van der Waals surface area contributed by atoms with Crippen LogP contribution in [0.4, 0.5) is 14.5 Å². The quantitative estimate of drug-likeness (QED) is 0.133. The number of nitrogens with one attached hydrogen (secondary N) is 1. The van der Waals surface area contributed by atoms with Gasteiger partial charge in [0, 0.05) is 47.5 Å². The molecule has 1 saturated heterocycles. The van der Waals surface area contributed by atoms with Crippen molar-refractivity contribution < 1.29 is 27.8 Å². The van der Waals surface area contributed by atoms with Gasteiger partial charge in [-0.25, -0.2) is 13.8 Å². The molecular weight excluding hydrogens is 692 g/mol. The second-order valence-electron chi connectivity index (χ2n) is 12.3. The lowest BCUT2D eigenvalue weighted by molar-refractivity contribution is 0.102. The largest absolute Gasteiger partial charge is 0.493 e. The van der Waals surface area contributed by atoms with Gasteiger partial charge in [-0.2, -0.15) is 0 Å². The van der Waals surface area contributed by atoms with Gasteiger partial charge in [-0.3, -0.25) is 19.1 Å². The van der Waals surface area contributed by atoms with Gasteiger partial charge in [-0.15, -0.1) is 0 Å². The SMILES string of the molecule is COc1cc2c(Oc3ccc(NC(=O)c4cc5cccnc5n(-c5ccc(F)c(Cl)c5)c4=O)cc3F)ccnc2cc1OCCCN1CCCCC1. The number of ether oxygens (including phenoxy) is 3. The molecule has 3 aromatic carbocycles. The molecule has 1 fully saturated rings. The molecule has 7 rings (SSSR count). The number of carbonyl (C=O) groups excluding carboxylic acids is 1. The second-order valence-corrected chi connectivity index (χ2v) is 12.8. The summed E-state index contributed by atoms with van der Waals surface area (Å²) in [5, 5.41) is 3.44. The number of hydrogen-bond donors (Lipinski definition) is 1. The number of likely N-dealkylation sites (tertiary alicyclic amines) is 1. The van der Waals surface area contributed by atoms with Gasteiger partial charge in [0.1, 0.15) is 22.8 Å². The molecule has 0 bridgehead atoms. The average molecular weight is 726 g/mol. The van der Waals surface area contributed by atoms with E-state index in [9.17, 15) is 14.0 Å². The van der Waals surface area contributed by atoms with Crippen LogP contribution in [-0.4, -0.2) is 58.7 Å². The Morgan fingerprint density at radius 1 is 0.885 bits per heavy atom. The lowest BCUT2D eigenvalue weighted by Crippen LogP contribution is -2.31. The lowest BCUT2D eigenvalue weighted by atomic mass is 10.1. The highest BCUT2D eigenvalue weighted by Gasteiger charge is 2.20. The molecule has 4 heterocycles. The predicted molar refractivity (Wildman–Crippen MR) is 195 cm³/mol. The van der Waals surface area contributed by atoms with E-state index < -0.39 is 23.1 Å². The summed E-state index contributed by atoms with van der Waals surface area (Å²) >= 11 is 6.00. The van der Waals surface area contributed by atoms with Crippen LogP contribution in [0.2, 0.25) is 5.02 Å². The van der Waals surface area contributed by atoms with Gasteiger partial charge < -0.3 is 24.4 Å². The Labute approximate surface area is 302 Å². The minimum absolute atomic E-state index is 0.0836. The zero-order valence-corrected chi connectivity index (χ0v) is 29.0. The third-order valence-corrected chi connectivity index (χ3v) is 9.18. The molecule has 0 aliphatic carbocycles. The van der Waals surface area contributed by atoms with Crippen LogP contribution in [0.15, 0.2) is 90.0 Å². The number of amides is 1. The predicted octanol–water partition coefficient (Wildman–Crippen LogP) is 8.17. The van der Waals surface area contributed by atoms with Crippen molar-refractivity contribution in [2.24, 2.45) is 0 Å². The number of hydrogen-bond acceptors (Lipinski definition) is 8. The fourth-order valence-electron chi connectivity index (χ4n) is 6.29. The summed E-state index contributed by atoms with van der Waals surface area (Å²) in [5.74, 6) is -0.930. The van der Waals surface area contributed by atoms with Crippen molar-refractivity contribution in [3.8, 4) is 28.7 Å². The van der Waals surface area contributed by atoms with E-state index >= 15 is 4.39 Å². The summed E-state index contributed by atoms with van der Waals surface area (Å²) in [5.41, 5.74) is 0.151. The van der Waals surface area contributed by atoms with Crippen molar-refractivity contribution in [3.05, 3.63) is 118 Å². The molecule has 266 valence electrons. The summed E-state index contributed by atoms with van der Waals surface area (Å²) in [6, 6.07) is 17.5. The van der Waals surface area contributed by atoms with Gasteiger partial charge in [0.15, 0.2) is 23.1 Å². The van der Waals surface area contributed by atoms with E-state index in [0.717, 1.165) is 38.2 Å². The first kappa shape index (κ1) is 34.8. The van der Waals surface area contributed by atoms with Gasteiger partial charge in [-0.1, -0.05) is 18.0 Å². The van der Waals surface area contributed by atoms with Crippen LogP contribution < -0.4 is 25.1 Å². The van der Waals surface area contributed by atoms with Gasteiger partial charge in [0.25, 0.3) is 11.5 Å². The lowest BCUT2D eigenvalue weighted by Gasteiger charge is -2.26. The van der Waals surface area contributed by atoms with Crippen molar-refractivity contribution in [2.75, 3.05) is 38.7 Å². The Bertz CT molecular complexity index is 2350. The number of piperidine rings is 1. The van der Waals surface area contributed by atoms with Crippen LogP contribution >= 0.6 is 11.6 Å². The molecule has 1 aliphatic heterocycles. The van der Waals surface area contributed by atoms with E-state index in [4.69, 9.17) is 25.8 Å². The van der Waals surface area contributed by atoms with Crippen LogP contribution in [0.5, 0.6) is 23.0 Å². The number of halogens is 3. The summed E-state index contributed by atoms with van der Waals surface area (Å²) in [6.45, 7) is 3.77. The number of nitrogens with zero attached hydrogens (tertiary/aromatic N) is 4. The fraction of sp³-hybridized carbons (Fsp3) is 0.231. The Hall–Kier alpha value is -5.59. The fourth-order valence-corrected chi connectivity index (χ4v) is 6.47. The van der Waals surface area contributed by atoms with Crippen LogP contribution in [0.1, 0.15) is 36.0 Å². The maximum Gasteiger partial charge on any atom is 0.269 e. The molecule has 0 unspecified atom stereocenters. The monoisotopic (exact) mass is 725 g/mol. The number of pyridine rings is 3. The number of rotatable bonds is 11. The molecule has 0 spiro atoms. The topological polar surface area (TPSA) is 108 Å². The number of aromatic nitrogens is 3. The first-order valence-electron chi connectivity index (χ1n) is 16.9. The molecule has 1 N–H and O–H groups in total. The van der Waals surface area contributed by atoms with Crippen molar-refractivity contribution in [1.29, 1.82) is 0 Å². The molecule has 10 nitrogen and oxygen atoms in total. The van der Waals surface area contributed by atoms with Crippen molar-refractivity contribution in [3.63, 3.8) is 0 Å². The molecule has 0 radical (unpaired) electrons. The van der Waals surface area contributed by atoms with Crippen molar-refractivity contribution >= 4 is 45.1 Å². The normalized spacial score (nSPS) is 13.3. The van der Waals surface area contributed by atoms with Gasteiger partial charge in [0.2, 0.25) is 0 Å². The number of methoxy groups -OCH3 is 1. The van der Waals surface area contributed by atoms with E-state index in [1.807, 2.05) is 0 Å². The average Bonchev–Trinajstić information content (AvgIpc) is 3.15. The highest BCUT2D eigenvalue weighted by atomic mass is 35.5. The highest BCUT2D eigenvalue weighted by Crippen LogP contribution is 2.38. The molecule has 1 amide bonds. The van der Waals surface area contributed by atoms with E-state index in [0.29, 0.717) is 40.1 Å². The molecule has 1 aliphatic rings. The standard InChI is InChI=1S/C39H34ClF2N5O5/c1-50-35-22-27-32(23-36(35)51-18-6-17-46-15-3-2-4-16-46)43-14-12-33(27)52-34-11-8-25(20-31(34)42)45-38(48)28-19-24-7-5-13-44-37(24)47(39(28)49)26-9-10-30(41)29(40)21-26/h5,7-14,19-23H,2-4,6,15-18H2,1H3,(H,45,48). The maximum atomic E-state index is 15.5. The molecule has 13 heteroatoms. The van der Waals surface area contributed by atoms with Crippen LogP contribution in [-0.2, 0) is 0 Å². The smallest absolute Gasteiger partial charge is 0.269 e. The summed E-state index contributed by atoms with van der Waals surface area (Å²) in [7, 11) is 1.55. The second kappa shape index (κ2) is 15.3. The van der Waals surface area contributed by atoms with Gasteiger partial charge in [-0.05, 0) is 93.0 Å². The summed E-state index contributed by atoms with van der Waals surface area (Å²) in [6.07, 6.45) is 7.71. The van der Waals surface area contributed by atoms with Crippen molar-refractivity contribution in [1.82, 2.24) is 19.4 Å². The molecular formula is C39H34ClF2N5O5. The van der Waals surface area contributed by atoms with Crippen LogP contribution in [0, 0.1) is 11.6 Å². The first-order valence-corrected chi connectivity index (χ1v) is 17.2. The zero-order chi connectivity index (χ0) is 36.2. The van der Waals surface area contributed by atoms with E-state index in [1.165, 1.54) is 60.4 Å². The number of carbonyl (C=O) groups is 1. The Kier molecular flexibility index (Phi) is 10.3. The van der Waals surface area contributed by atoms with E-state index in [-0.39, 0.29) is 33.4 Å². The minimum atomic E-state index is -0.789. The zero-order valence-electron chi connectivity index (χ0n) is 28.2. The van der Waals surface area contributed by atoms with Crippen LogP contribution in [0.3, 0.4) is 0 Å². The van der Waals surface area contributed by atoms with E-state index in [1.54, 1.807) is 43.6 Å². The molecule has 0 saturated carbocycles. The molecule has 52 heavy (non-hydrogen) atoms. The minimum Gasteiger partial charge on any atom is -0.493 e.